The molecule has 0 unspecified atom stereocenters. The van der Waals surface area contributed by atoms with Crippen molar-refractivity contribution in [3.05, 3.63) is 65.7 Å². The van der Waals surface area contributed by atoms with Crippen molar-refractivity contribution in [2.45, 2.75) is 24.4 Å². The summed E-state index contributed by atoms with van der Waals surface area (Å²) >= 11 is 0. The Bertz CT molecular complexity index is 961. The van der Waals surface area contributed by atoms with Crippen LogP contribution in [0.2, 0.25) is 0 Å². The van der Waals surface area contributed by atoms with Gasteiger partial charge >= 0.3 is 11.9 Å². The minimum atomic E-state index is -1.34. The van der Waals surface area contributed by atoms with E-state index in [1.54, 1.807) is 13.0 Å². The molecule has 2 aliphatic rings. The second-order valence-corrected chi connectivity index (χ2v) is 7.11. The molecular formula is C22H22N2O5. The SMILES string of the molecule is CCOC(=O)[C@H]1N[C@@H](c2ccccc2)[C@@]2(C(=O)Nc3ccccc32)[C@@H]1C(=O)OC. The predicted molar refractivity (Wildman–Crippen MR) is 105 cm³/mol. The average Bonchev–Trinajstić information content (AvgIpc) is 3.25. The smallest absolute Gasteiger partial charge is 0.324 e. The zero-order chi connectivity index (χ0) is 20.6. The van der Waals surface area contributed by atoms with Crippen LogP contribution in [0.1, 0.15) is 24.1 Å². The molecule has 2 heterocycles. The van der Waals surface area contributed by atoms with E-state index in [-0.39, 0.29) is 12.5 Å². The first-order valence-electron chi connectivity index (χ1n) is 9.52. The van der Waals surface area contributed by atoms with Crippen molar-refractivity contribution >= 4 is 23.5 Å². The van der Waals surface area contributed by atoms with Crippen LogP contribution in [0.25, 0.3) is 0 Å². The van der Waals surface area contributed by atoms with Crippen molar-refractivity contribution < 1.29 is 23.9 Å². The molecule has 7 nitrogen and oxygen atoms in total. The van der Waals surface area contributed by atoms with Crippen LogP contribution in [0.3, 0.4) is 0 Å². The molecule has 2 aromatic rings. The van der Waals surface area contributed by atoms with Crippen LogP contribution in [-0.2, 0) is 29.3 Å². The Balaban J connectivity index is 1.97. The number of fused-ring (bicyclic) bond motifs is 2. The van der Waals surface area contributed by atoms with Crippen molar-refractivity contribution in [3.63, 3.8) is 0 Å². The third-order valence-corrected chi connectivity index (χ3v) is 5.75. The molecule has 1 amide bonds. The number of hydrogen-bond donors (Lipinski definition) is 2. The lowest BCUT2D eigenvalue weighted by atomic mass is 9.65. The zero-order valence-corrected chi connectivity index (χ0v) is 16.2. The molecule has 29 heavy (non-hydrogen) atoms. The molecule has 7 heteroatoms. The normalized spacial score (nSPS) is 27.4. The van der Waals surface area contributed by atoms with E-state index in [9.17, 15) is 14.4 Å². The summed E-state index contributed by atoms with van der Waals surface area (Å²) in [5.41, 5.74) is 0.731. The van der Waals surface area contributed by atoms with Crippen LogP contribution in [0.5, 0.6) is 0 Å². The fraction of sp³-hybridized carbons (Fsp3) is 0.318. The zero-order valence-electron chi connectivity index (χ0n) is 16.2. The molecule has 2 aliphatic heterocycles. The van der Waals surface area contributed by atoms with Gasteiger partial charge in [-0.05, 0) is 24.1 Å². The second-order valence-electron chi connectivity index (χ2n) is 7.11. The van der Waals surface area contributed by atoms with Crippen LogP contribution in [-0.4, -0.2) is 37.6 Å². The Morgan fingerprint density at radius 2 is 1.72 bits per heavy atom. The molecule has 0 bridgehead atoms. The predicted octanol–water partition coefficient (Wildman–Crippen LogP) is 1.94. The molecule has 4 rings (SSSR count). The number of carbonyl (C=O) groups is 3. The highest BCUT2D eigenvalue weighted by Gasteiger charge is 2.68. The Morgan fingerprint density at radius 3 is 2.41 bits per heavy atom. The third kappa shape index (κ3) is 2.73. The van der Waals surface area contributed by atoms with E-state index in [0.29, 0.717) is 11.3 Å². The van der Waals surface area contributed by atoms with Gasteiger partial charge in [0.15, 0.2) is 0 Å². The monoisotopic (exact) mass is 394 g/mol. The minimum Gasteiger partial charge on any atom is -0.469 e. The van der Waals surface area contributed by atoms with Gasteiger partial charge in [-0.1, -0.05) is 48.5 Å². The highest BCUT2D eigenvalue weighted by Crippen LogP contribution is 2.56. The molecule has 4 atom stereocenters. The highest BCUT2D eigenvalue weighted by molar-refractivity contribution is 6.11. The number of amides is 1. The van der Waals surface area contributed by atoms with Gasteiger partial charge in [0, 0.05) is 5.69 Å². The molecule has 0 radical (unpaired) electrons. The van der Waals surface area contributed by atoms with E-state index in [2.05, 4.69) is 10.6 Å². The fourth-order valence-corrected chi connectivity index (χ4v) is 4.64. The maximum absolute atomic E-state index is 13.5. The number of para-hydroxylation sites is 1. The van der Waals surface area contributed by atoms with E-state index < -0.39 is 35.4 Å². The Hall–Kier alpha value is -3.19. The summed E-state index contributed by atoms with van der Waals surface area (Å²) in [4.78, 5) is 39.2. The number of hydrogen-bond acceptors (Lipinski definition) is 6. The standard InChI is InChI=1S/C22H22N2O5/c1-3-29-20(26)17-16(19(25)28-2)22(18(24-17)13-9-5-4-6-10-13)14-11-7-8-12-15(14)23-21(22)27/h4-12,16-18,24H,3H2,1-2H3,(H,23,27)/t16-,17-,18-,22-/m0/s1. The number of carbonyl (C=O) groups excluding carboxylic acids is 3. The quantitative estimate of drug-likeness (QED) is 0.770. The number of rotatable bonds is 4. The lowest BCUT2D eigenvalue weighted by Gasteiger charge is -2.33. The number of esters is 2. The summed E-state index contributed by atoms with van der Waals surface area (Å²) in [6.07, 6.45) is 0. The highest BCUT2D eigenvalue weighted by atomic mass is 16.5. The molecular weight excluding hydrogens is 372 g/mol. The van der Waals surface area contributed by atoms with E-state index >= 15 is 0 Å². The summed E-state index contributed by atoms with van der Waals surface area (Å²) in [7, 11) is 1.26. The van der Waals surface area contributed by atoms with Gasteiger partial charge in [-0.2, -0.15) is 0 Å². The fourth-order valence-electron chi connectivity index (χ4n) is 4.64. The van der Waals surface area contributed by atoms with Crippen LogP contribution in [0.4, 0.5) is 5.69 Å². The lowest BCUT2D eigenvalue weighted by molar-refractivity contribution is -0.157. The van der Waals surface area contributed by atoms with Crippen LogP contribution in [0.15, 0.2) is 54.6 Å². The first-order chi connectivity index (χ1) is 14.1. The topological polar surface area (TPSA) is 93.7 Å². The lowest BCUT2D eigenvalue weighted by Crippen LogP contribution is -2.49. The second kappa shape index (κ2) is 7.33. The molecule has 1 spiro atoms. The van der Waals surface area contributed by atoms with Gasteiger partial charge in [-0.3, -0.25) is 19.7 Å². The number of benzene rings is 2. The molecule has 0 saturated carbocycles. The Kier molecular flexibility index (Phi) is 4.84. The first kappa shape index (κ1) is 19.1. The molecule has 2 aromatic carbocycles. The van der Waals surface area contributed by atoms with Crippen LogP contribution < -0.4 is 10.6 Å². The van der Waals surface area contributed by atoms with E-state index in [4.69, 9.17) is 9.47 Å². The summed E-state index contributed by atoms with van der Waals surface area (Å²) in [6.45, 7) is 1.86. The van der Waals surface area contributed by atoms with Gasteiger partial charge in [0.05, 0.1) is 19.8 Å². The number of ether oxygens (including phenoxy) is 2. The maximum atomic E-state index is 13.5. The van der Waals surface area contributed by atoms with Crippen LogP contribution in [0, 0.1) is 5.92 Å². The molecule has 0 aliphatic carbocycles. The third-order valence-electron chi connectivity index (χ3n) is 5.75. The first-order valence-corrected chi connectivity index (χ1v) is 9.52. The largest absolute Gasteiger partial charge is 0.469 e. The molecule has 1 fully saturated rings. The van der Waals surface area contributed by atoms with Crippen molar-refractivity contribution in [3.8, 4) is 0 Å². The van der Waals surface area contributed by atoms with Gasteiger partial charge in [0.1, 0.15) is 17.4 Å². The van der Waals surface area contributed by atoms with Crippen molar-refractivity contribution in [1.82, 2.24) is 5.32 Å². The molecule has 2 N–H and O–H groups in total. The van der Waals surface area contributed by atoms with Gasteiger partial charge in [-0.15, -0.1) is 0 Å². The van der Waals surface area contributed by atoms with Crippen LogP contribution >= 0.6 is 0 Å². The van der Waals surface area contributed by atoms with Gasteiger partial charge in [0.2, 0.25) is 5.91 Å². The van der Waals surface area contributed by atoms with Crippen molar-refractivity contribution in [2.75, 3.05) is 19.0 Å². The molecule has 1 saturated heterocycles. The Labute approximate surface area is 168 Å². The summed E-state index contributed by atoms with van der Waals surface area (Å²) < 4.78 is 10.3. The summed E-state index contributed by atoms with van der Waals surface area (Å²) in [5.74, 6) is -2.65. The molecule has 0 aromatic heterocycles. The van der Waals surface area contributed by atoms with Gasteiger partial charge in [-0.25, -0.2) is 0 Å². The number of anilines is 1. The Morgan fingerprint density at radius 1 is 1.03 bits per heavy atom. The number of methoxy groups -OCH3 is 1. The number of nitrogens with one attached hydrogen (secondary N) is 2. The minimum absolute atomic E-state index is 0.163. The molecule has 150 valence electrons. The van der Waals surface area contributed by atoms with E-state index in [1.165, 1.54) is 7.11 Å². The summed E-state index contributed by atoms with van der Waals surface area (Å²) in [6, 6.07) is 14.9. The summed E-state index contributed by atoms with van der Waals surface area (Å²) in [5, 5.41) is 6.12. The van der Waals surface area contributed by atoms with E-state index in [0.717, 1.165) is 5.56 Å². The van der Waals surface area contributed by atoms with E-state index in [1.807, 2.05) is 48.5 Å². The average molecular weight is 394 g/mol. The van der Waals surface area contributed by atoms with Gasteiger partial charge < -0.3 is 14.8 Å². The maximum Gasteiger partial charge on any atom is 0.324 e. The van der Waals surface area contributed by atoms with Gasteiger partial charge in [0.25, 0.3) is 0 Å². The van der Waals surface area contributed by atoms with Crippen molar-refractivity contribution in [1.29, 1.82) is 0 Å². The van der Waals surface area contributed by atoms with Crippen molar-refractivity contribution in [2.24, 2.45) is 5.92 Å².